The van der Waals surface area contributed by atoms with E-state index >= 15 is 0 Å². The van der Waals surface area contributed by atoms with Gasteiger partial charge in [-0.05, 0) is 336 Å². The topological polar surface area (TPSA) is 19.4 Å². The summed E-state index contributed by atoms with van der Waals surface area (Å²) in [4.78, 5) is 14.1. The summed E-state index contributed by atoms with van der Waals surface area (Å²) in [7, 11) is 0. The van der Waals surface area contributed by atoms with Crippen LogP contribution in [-0.4, -0.2) is 0 Å². The van der Waals surface area contributed by atoms with Crippen molar-refractivity contribution >= 4 is 96.7 Å². The van der Waals surface area contributed by atoms with Gasteiger partial charge in [0.25, 0.3) is 0 Å². The predicted molar refractivity (Wildman–Crippen MR) is 521 cm³/mol. The molecule has 6 nitrogen and oxygen atoms in total. The highest BCUT2D eigenvalue weighted by Gasteiger charge is 2.24. The second kappa shape index (κ2) is 35.4. The molecule has 0 N–H and O–H groups in total. The zero-order chi connectivity index (χ0) is 82.8. The summed E-state index contributed by atoms with van der Waals surface area (Å²) in [6, 6.07) is 169. The van der Waals surface area contributed by atoms with Crippen molar-refractivity contribution < 1.29 is 0 Å². The van der Waals surface area contributed by atoms with Crippen LogP contribution in [0, 0.1) is 20.8 Å². The fourth-order valence-corrected chi connectivity index (χ4v) is 17.1. The molecule has 0 bridgehead atoms. The summed E-state index contributed by atoms with van der Waals surface area (Å²) >= 11 is 0. The van der Waals surface area contributed by atoms with Crippen molar-refractivity contribution in [2.24, 2.45) is 0 Å². The molecule has 1 aliphatic rings. The van der Waals surface area contributed by atoms with Crippen molar-refractivity contribution in [3.63, 3.8) is 0 Å². The predicted octanol–water partition coefficient (Wildman–Crippen LogP) is 33.1. The van der Waals surface area contributed by atoms with Gasteiger partial charge in [-0.15, -0.1) is 0 Å². The first-order chi connectivity index (χ1) is 60.7. The highest BCUT2D eigenvalue weighted by molar-refractivity contribution is 5.89. The molecule has 1 aliphatic carbocycles. The molecule has 0 aliphatic heterocycles. The molecule has 0 saturated heterocycles. The smallest absolute Gasteiger partial charge is 0.0464 e. The molecule has 0 amide bonds. The highest BCUT2D eigenvalue weighted by Crippen LogP contribution is 2.46. The van der Waals surface area contributed by atoms with Crippen molar-refractivity contribution in [1.29, 1.82) is 0 Å². The summed E-state index contributed by atoms with van der Waals surface area (Å²) in [6.45, 7) is 6.45. The van der Waals surface area contributed by atoms with Gasteiger partial charge < -0.3 is 29.4 Å². The minimum atomic E-state index is 0.223. The first kappa shape index (κ1) is 77.2. The molecule has 6 heteroatoms. The van der Waals surface area contributed by atoms with E-state index in [9.17, 15) is 0 Å². The second-order valence-corrected chi connectivity index (χ2v) is 31.6. The Kier molecular flexibility index (Phi) is 22.2. The zero-order valence-electron chi connectivity index (χ0n) is 69.2. The van der Waals surface area contributed by atoms with Crippen LogP contribution < -0.4 is 29.4 Å². The van der Waals surface area contributed by atoms with Crippen LogP contribution in [0.4, 0.5) is 96.7 Å². The van der Waals surface area contributed by atoms with Gasteiger partial charge in [-0.25, -0.2) is 0 Å². The first-order valence-corrected chi connectivity index (χ1v) is 42.4. The van der Waals surface area contributed by atoms with Crippen LogP contribution in [0.15, 0.2) is 491 Å². The van der Waals surface area contributed by atoms with E-state index in [4.69, 9.17) is 0 Å². The van der Waals surface area contributed by atoms with Crippen molar-refractivity contribution in [3.8, 4) is 55.6 Å². The lowest BCUT2D eigenvalue weighted by Crippen LogP contribution is -2.17. The summed E-state index contributed by atoms with van der Waals surface area (Å²) in [5.74, 6) is 0.223. The fourth-order valence-electron chi connectivity index (χ4n) is 17.1. The Morgan fingerprint density at radius 1 is 0.171 bits per heavy atom. The van der Waals surface area contributed by atoms with Gasteiger partial charge in [-0.3, -0.25) is 0 Å². The van der Waals surface area contributed by atoms with Crippen molar-refractivity contribution in [2.75, 3.05) is 29.4 Å². The number of nitrogens with zero attached hydrogens (tertiary/aromatic N) is 6. The number of benzene rings is 18. The number of aryl methyl sites for hydroxylation is 3. The zero-order valence-corrected chi connectivity index (χ0v) is 69.2. The van der Waals surface area contributed by atoms with Gasteiger partial charge in [0.15, 0.2) is 0 Å². The quantitative estimate of drug-likeness (QED) is 0.0596. The van der Waals surface area contributed by atoms with Crippen LogP contribution in [0.25, 0.3) is 55.6 Å². The number of rotatable bonds is 24. The minimum absolute atomic E-state index is 0.223. The van der Waals surface area contributed by atoms with Crippen LogP contribution in [0.2, 0.25) is 0 Å². The van der Waals surface area contributed by atoms with Gasteiger partial charge >= 0.3 is 0 Å². The van der Waals surface area contributed by atoms with Gasteiger partial charge in [0.2, 0.25) is 0 Å². The molecule has 1 unspecified atom stereocenters. The maximum atomic E-state index is 2.40. The van der Waals surface area contributed by atoms with E-state index in [1.807, 2.05) is 0 Å². The molecular formula is C117H92N6. The van der Waals surface area contributed by atoms with Gasteiger partial charge in [0, 0.05) is 108 Å². The number of hydrogen-bond acceptors (Lipinski definition) is 6. The van der Waals surface area contributed by atoms with E-state index in [2.05, 4.69) is 536 Å². The van der Waals surface area contributed by atoms with Crippen molar-refractivity contribution in [1.82, 2.24) is 0 Å². The van der Waals surface area contributed by atoms with Gasteiger partial charge in [-0.1, -0.05) is 255 Å². The van der Waals surface area contributed by atoms with Gasteiger partial charge in [-0.2, -0.15) is 0 Å². The molecule has 0 fully saturated rings. The molecule has 18 aromatic rings. The average molecular weight is 1580 g/mol. The van der Waals surface area contributed by atoms with E-state index in [0.717, 1.165) is 164 Å². The van der Waals surface area contributed by atoms with Crippen LogP contribution in [0.3, 0.4) is 0 Å². The average Bonchev–Trinajstić information content (AvgIpc) is 0.794. The SMILES string of the molecule is Cc1cccc(N(c2ccccc2)c2ccc(-c3ccc(N(c4ccccc4)c4ccc(-c5cc(-c6ccc(N(C7=CCC(c8ccc(N(c9ccccc9)c9cccc(C)c9)cc8)C=C7)c7ccccc7)cc6)cc(-c6ccc(N(c7ccccc7)c7ccc(-c8ccc(N(c9ccccc9)c9cccc(C)c9)cc8)cc7)cc6)c5)cc4)cc3)cc2)c1. The van der Waals surface area contributed by atoms with Crippen LogP contribution in [0.5, 0.6) is 0 Å². The Morgan fingerprint density at radius 2 is 0.366 bits per heavy atom. The van der Waals surface area contributed by atoms with Gasteiger partial charge in [0.1, 0.15) is 0 Å². The summed E-state index contributed by atoms with van der Waals surface area (Å²) < 4.78 is 0. The molecule has 19 rings (SSSR count). The van der Waals surface area contributed by atoms with Crippen LogP contribution in [-0.2, 0) is 0 Å². The lowest BCUT2D eigenvalue weighted by atomic mass is 9.91. The Bertz CT molecular complexity index is 6390. The van der Waals surface area contributed by atoms with E-state index in [-0.39, 0.29) is 5.92 Å². The normalized spacial score (nSPS) is 12.3. The Morgan fingerprint density at radius 3 is 0.593 bits per heavy atom. The molecule has 0 heterocycles. The summed E-state index contributed by atoms with van der Waals surface area (Å²) in [6.07, 6.45) is 7.96. The first-order valence-electron chi connectivity index (χ1n) is 42.4. The van der Waals surface area contributed by atoms with Crippen LogP contribution in [0.1, 0.15) is 34.6 Å². The second-order valence-electron chi connectivity index (χ2n) is 31.6. The molecule has 0 aromatic heterocycles. The third kappa shape index (κ3) is 17.0. The molecule has 123 heavy (non-hydrogen) atoms. The lowest BCUT2D eigenvalue weighted by molar-refractivity contribution is 0.840. The fraction of sp³-hybridized carbons (Fsp3) is 0.0427. The maximum Gasteiger partial charge on any atom is 0.0464 e. The Balaban J connectivity index is 0.635. The molecule has 0 radical (unpaired) electrons. The number of allylic oxidation sites excluding steroid dienone is 3. The lowest BCUT2D eigenvalue weighted by Gasteiger charge is -2.29. The number of hydrogen-bond donors (Lipinski definition) is 0. The Hall–Kier alpha value is -15.8. The summed E-state index contributed by atoms with van der Waals surface area (Å²) in [5, 5.41) is 0. The standard InChI is InChI=1S/C117H92N6/c1-85-25-22-40-115(79-85)121(103-34-16-7-17-35-103)112-67-49-91(50-68-112)88-43-61-106(62-44-88)118(100-28-10-4-11-29-100)109-73-55-94(56-74-109)97-82-98(95-57-75-110(76-58-95)119(101-30-12-5-13-31-101)107-63-45-89(46-64-107)92-51-69-113(70-52-92)122(104-36-18-8-19-37-104)116-41-23-26-86(2)80-116)84-99(83-97)96-59-77-111(78-60-96)120(102-32-14-6-15-33-102)108-65-47-90(48-66-108)93-53-71-114(72-54-93)123(105-38-20-9-21-39-105)117-42-24-27-87(3)81-117/h4-47,49-84,90H,48H2,1-3H3. The van der Waals surface area contributed by atoms with E-state index in [0.29, 0.717) is 0 Å². The number of para-hydroxylation sites is 6. The molecule has 0 saturated carbocycles. The van der Waals surface area contributed by atoms with E-state index in [1.165, 1.54) is 22.3 Å². The van der Waals surface area contributed by atoms with Crippen molar-refractivity contribution in [2.45, 2.75) is 33.1 Å². The molecule has 18 aromatic carbocycles. The van der Waals surface area contributed by atoms with E-state index in [1.54, 1.807) is 0 Å². The third-order valence-electron chi connectivity index (χ3n) is 23.3. The summed E-state index contributed by atoms with van der Waals surface area (Å²) in [5.41, 5.74) is 36.0. The number of anilines is 17. The van der Waals surface area contributed by atoms with Crippen molar-refractivity contribution in [3.05, 3.63) is 513 Å². The molecule has 1 atom stereocenters. The minimum Gasteiger partial charge on any atom is -0.311 e. The van der Waals surface area contributed by atoms with Gasteiger partial charge in [0.05, 0.1) is 0 Å². The maximum absolute atomic E-state index is 2.40. The highest BCUT2D eigenvalue weighted by atomic mass is 15.2. The largest absolute Gasteiger partial charge is 0.311 e. The van der Waals surface area contributed by atoms with Crippen LogP contribution >= 0.6 is 0 Å². The molecule has 0 spiro atoms. The molecule has 590 valence electrons. The monoisotopic (exact) mass is 1580 g/mol. The third-order valence-corrected chi connectivity index (χ3v) is 23.3. The Labute approximate surface area is 723 Å². The molecular weight excluding hydrogens is 1490 g/mol. The van der Waals surface area contributed by atoms with E-state index < -0.39 is 0 Å².